The molecule has 2 fully saturated rings. The number of nitrogens with zero attached hydrogens (tertiary/aromatic N) is 2. The van der Waals surface area contributed by atoms with Crippen LogP contribution in [0.25, 0.3) is 10.9 Å². The van der Waals surface area contributed by atoms with Crippen LogP contribution in [-0.4, -0.2) is 46.8 Å². The molecular weight excluding hydrogens is 478 g/mol. The number of rotatable bonds is 7. The Labute approximate surface area is 223 Å². The molecule has 0 bridgehead atoms. The van der Waals surface area contributed by atoms with Crippen molar-refractivity contribution in [2.45, 2.75) is 31.0 Å². The molecule has 6 rings (SSSR count). The molecule has 4 aromatic rings. The lowest BCUT2D eigenvalue weighted by molar-refractivity contribution is 0.0199. The first-order chi connectivity index (χ1) is 18.2. The number of thiocarbonyl (C=S) groups is 1. The summed E-state index contributed by atoms with van der Waals surface area (Å²) in [4.78, 5) is 7.28. The topological polar surface area (TPSA) is 46.6 Å². The SMILES string of the molecule is S=C1NCC2(CCN(CC(c3ccccc3)c3ccc(OCc4ccc5ccccc5n4)cc3)CC2)O1. The smallest absolute Gasteiger partial charge is 0.257 e. The minimum Gasteiger partial charge on any atom is -0.487 e. The molecule has 2 aliphatic heterocycles. The van der Waals surface area contributed by atoms with E-state index in [1.54, 1.807) is 0 Å². The van der Waals surface area contributed by atoms with E-state index in [0.29, 0.717) is 11.8 Å². The van der Waals surface area contributed by atoms with E-state index in [9.17, 15) is 0 Å². The summed E-state index contributed by atoms with van der Waals surface area (Å²) in [6.45, 7) is 4.26. The molecule has 1 unspecified atom stereocenters. The van der Waals surface area contributed by atoms with Gasteiger partial charge in [-0.05, 0) is 47.6 Å². The number of likely N-dealkylation sites (tertiary alicyclic amines) is 1. The molecule has 1 N–H and O–H groups in total. The Bertz CT molecular complexity index is 1370. The number of hydrogen-bond donors (Lipinski definition) is 1. The first-order valence-corrected chi connectivity index (χ1v) is 13.4. The maximum absolute atomic E-state index is 6.09. The van der Waals surface area contributed by atoms with E-state index in [2.05, 4.69) is 76.9 Å². The van der Waals surface area contributed by atoms with Gasteiger partial charge in [-0.3, -0.25) is 0 Å². The van der Waals surface area contributed by atoms with Gasteiger partial charge in [0.2, 0.25) is 0 Å². The highest BCUT2D eigenvalue weighted by atomic mass is 32.1. The summed E-state index contributed by atoms with van der Waals surface area (Å²) in [6, 6.07) is 31.6. The number of para-hydroxylation sites is 1. The van der Waals surface area contributed by atoms with E-state index in [1.165, 1.54) is 11.1 Å². The first-order valence-electron chi connectivity index (χ1n) is 13.0. The van der Waals surface area contributed by atoms with Crippen LogP contribution in [0.4, 0.5) is 0 Å². The second-order valence-electron chi connectivity index (χ2n) is 10.0. The van der Waals surface area contributed by atoms with Crippen LogP contribution in [-0.2, 0) is 11.3 Å². The monoisotopic (exact) mass is 509 g/mol. The third-order valence-corrected chi connectivity index (χ3v) is 7.83. The van der Waals surface area contributed by atoms with Crippen LogP contribution in [0.5, 0.6) is 5.75 Å². The second kappa shape index (κ2) is 10.5. The van der Waals surface area contributed by atoms with E-state index in [4.69, 9.17) is 26.7 Å². The summed E-state index contributed by atoms with van der Waals surface area (Å²) < 4.78 is 12.1. The maximum Gasteiger partial charge on any atom is 0.257 e. The number of ether oxygens (including phenoxy) is 2. The Kier molecular flexibility index (Phi) is 6.77. The number of fused-ring (bicyclic) bond motifs is 1. The molecule has 0 radical (unpaired) electrons. The van der Waals surface area contributed by atoms with Gasteiger partial charge in [0, 0.05) is 43.8 Å². The zero-order valence-corrected chi connectivity index (χ0v) is 21.6. The van der Waals surface area contributed by atoms with E-state index in [-0.39, 0.29) is 11.5 Å². The number of nitrogens with one attached hydrogen (secondary N) is 1. The summed E-state index contributed by atoms with van der Waals surface area (Å²) >= 11 is 5.21. The molecule has 188 valence electrons. The van der Waals surface area contributed by atoms with Crippen LogP contribution in [0.3, 0.4) is 0 Å². The van der Waals surface area contributed by atoms with Crippen LogP contribution in [0.2, 0.25) is 0 Å². The van der Waals surface area contributed by atoms with Gasteiger partial charge in [-0.25, -0.2) is 4.98 Å². The minimum absolute atomic E-state index is 0.116. The second-order valence-corrected chi connectivity index (χ2v) is 10.4. The van der Waals surface area contributed by atoms with Crippen LogP contribution < -0.4 is 10.1 Å². The van der Waals surface area contributed by atoms with E-state index >= 15 is 0 Å². The highest BCUT2D eigenvalue weighted by molar-refractivity contribution is 7.80. The number of piperidine rings is 1. The summed E-state index contributed by atoms with van der Waals surface area (Å²) in [6.07, 6.45) is 1.99. The third-order valence-electron chi connectivity index (χ3n) is 7.60. The standard InChI is InChI=1S/C31H31N3O2S/c37-30-32-22-31(36-30)16-18-34(19-17-31)20-28(23-6-2-1-3-7-23)24-11-14-27(15-12-24)35-21-26-13-10-25-8-4-5-9-29(25)33-26/h1-15,28H,16-22H2,(H,32,37). The number of benzene rings is 3. The highest BCUT2D eigenvalue weighted by Gasteiger charge is 2.41. The summed E-state index contributed by atoms with van der Waals surface area (Å²) in [5.41, 5.74) is 4.43. The fourth-order valence-corrected chi connectivity index (χ4v) is 5.66. The van der Waals surface area contributed by atoms with Crippen molar-refractivity contribution in [1.29, 1.82) is 0 Å². The Morgan fingerprint density at radius 2 is 1.62 bits per heavy atom. The Morgan fingerprint density at radius 1 is 0.892 bits per heavy atom. The molecule has 37 heavy (non-hydrogen) atoms. The van der Waals surface area contributed by atoms with Crippen molar-refractivity contribution < 1.29 is 9.47 Å². The van der Waals surface area contributed by atoms with Crippen molar-refractivity contribution in [3.05, 3.63) is 108 Å². The van der Waals surface area contributed by atoms with Crippen molar-refractivity contribution in [2.24, 2.45) is 0 Å². The van der Waals surface area contributed by atoms with Crippen molar-refractivity contribution in [3.63, 3.8) is 0 Å². The quantitative estimate of drug-likeness (QED) is 0.323. The zero-order chi connectivity index (χ0) is 25.1. The van der Waals surface area contributed by atoms with Crippen molar-refractivity contribution in [1.82, 2.24) is 15.2 Å². The number of pyridine rings is 1. The van der Waals surface area contributed by atoms with Gasteiger partial charge >= 0.3 is 0 Å². The number of aromatic nitrogens is 1. The average molecular weight is 510 g/mol. The molecule has 0 amide bonds. The molecule has 1 spiro atoms. The Hall–Kier alpha value is -3.48. The molecule has 5 nitrogen and oxygen atoms in total. The average Bonchev–Trinajstić information content (AvgIpc) is 3.32. The minimum atomic E-state index is -0.116. The van der Waals surface area contributed by atoms with Gasteiger partial charge in [0.15, 0.2) is 0 Å². The van der Waals surface area contributed by atoms with E-state index < -0.39 is 0 Å². The molecule has 6 heteroatoms. The van der Waals surface area contributed by atoms with Crippen molar-refractivity contribution in [2.75, 3.05) is 26.2 Å². The molecule has 0 saturated carbocycles. The van der Waals surface area contributed by atoms with Gasteiger partial charge < -0.3 is 19.7 Å². The van der Waals surface area contributed by atoms with Gasteiger partial charge in [0.25, 0.3) is 5.17 Å². The molecule has 1 aromatic heterocycles. The van der Waals surface area contributed by atoms with Gasteiger partial charge in [0.05, 0.1) is 17.8 Å². The van der Waals surface area contributed by atoms with Crippen molar-refractivity contribution >= 4 is 28.3 Å². The Morgan fingerprint density at radius 3 is 2.38 bits per heavy atom. The molecule has 1 atom stereocenters. The van der Waals surface area contributed by atoms with Gasteiger partial charge in [0.1, 0.15) is 18.0 Å². The van der Waals surface area contributed by atoms with Gasteiger partial charge in [-0.2, -0.15) is 0 Å². The van der Waals surface area contributed by atoms with Crippen LogP contribution in [0.1, 0.15) is 35.6 Å². The fourth-order valence-electron chi connectivity index (χ4n) is 5.41. The summed E-state index contributed by atoms with van der Waals surface area (Å²) in [5.74, 6) is 1.14. The molecule has 3 aromatic carbocycles. The van der Waals surface area contributed by atoms with E-state index in [0.717, 1.165) is 61.4 Å². The fraction of sp³-hybridized carbons (Fsp3) is 0.290. The van der Waals surface area contributed by atoms with Crippen LogP contribution in [0.15, 0.2) is 91.0 Å². The first kappa shape index (κ1) is 23.9. The third kappa shape index (κ3) is 5.45. The van der Waals surface area contributed by atoms with Crippen LogP contribution >= 0.6 is 12.2 Å². The summed E-state index contributed by atoms with van der Waals surface area (Å²) in [5, 5.41) is 4.89. The maximum atomic E-state index is 6.09. The molecular formula is C31H31N3O2S. The largest absolute Gasteiger partial charge is 0.487 e. The zero-order valence-electron chi connectivity index (χ0n) is 20.8. The van der Waals surface area contributed by atoms with Gasteiger partial charge in [-0.1, -0.05) is 66.7 Å². The molecule has 0 aliphatic carbocycles. The molecule has 2 aliphatic rings. The highest BCUT2D eigenvalue weighted by Crippen LogP contribution is 2.33. The lowest BCUT2D eigenvalue weighted by Gasteiger charge is -2.39. The van der Waals surface area contributed by atoms with Gasteiger partial charge in [-0.15, -0.1) is 0 Å². The summed E-state index contributed by atoms with van der Waals surface area (Å²) in [7, 11) is 0. The molecule has 2 saturated heterocycles. The lowest BCUT2D eigenvalue weighted by Crippen LogP contribution is -2.47. The van der Waals surface area contributed by atoms with Crippen LogP contribution in [0, 0.1) is 0 Å². The molecule has 3 heterocycles. The van der Waals surface area contributed by atoms with Crippen molar-refractivity contribution in [3.8, 4) is 5.75 Å². The predicted molar refractivity (Wildman–Crippen MR) is 151 cm³/mol. The number of hydrogen-bond acceptors (Lipinski definition) is 5. The Balaban J connectivity index is 1.13. The lowest BCUT2D eigenvalue weighted by atomic mass is 9.88. The normalized spacial score (nSPS) is 17.9. The predicted octanol–water partition coefficient (Wildman–Crippen LogP) is 5.69. The van der Waals surface area contributed by atoms with E-state index in [1.807, 2.05) is 24.3 Å².